The van der Waals surface area contributed by atoms with E-state index in [0.29, 0.717) is 11.8 Å². The molecule has 0 amide bonds. The van der Waals surface area contributed by atoms with Gasteiger partial charge in [0.05, 0.1) is 0 Å². The van der Waals surface area contributed by atoms with Crippen LogP contribution in [0.5, 0.6) is 5.75 Å². The minimum absolute atomic E-state index is 0.123. The molecule has 0 unspecified atom stereocenters. The van der Waals surface area contributed by atoms with Crippen molar-refractivity contribution in [3.8, 4) is 5.75 Å². The molecule has 0 aliphatic heterocycles. The number of aryl methyl sites for hydroxylation is 2. The van der Waals surface area contributed by atoms with Crippen molar-refractivity contribution in [1.82, 2.24) is 10.2 Å². The van der Waals surface area contributed by atoms with Gasteiger partial charge in [0.25, 0.3) is 5.89 Å². The maximum Gasteiger partial charge on any atom is 0.253 e. The third-order valence-corrected chi connectivity index (χ3v) is 3.41. The molecule has 2 N–H and O–H groups in total. The smallest absolute Gasteiger partial charge is 0.253 e. The summed E-state index contributed by atoms with van der Waals surface area (Å²) in [5.41, 5.74) is 8.66. The molecule has 0 bridgehead atoms. The zero-order chi connectivity index (χ0) is 13.2. The van der Waals surface area contributed by atoms with Crippen molar-refractivity contribution < 1.29 is 9.15 Å². The van der Waals surface area contributed by atoms with Crippen LogP contribution in [0.2, 0.25) is 0 Å². The van der Waals surface area contributed by atoms with Crippen molar-refractivity contribution in [3.05, 3.63) is 41.1 Å². The van der Waals surface area contributed by atoms with Crippen LogP contribution in [-0.4, -0.2) is 10.2 Å². The molecule has 5 nitrogen and oxygen atoms in total. The predicted molar refractivity (Wildman–Crippen MR) is 69.7 cm³/mol. The first-order valence-electron chi connectivity index (χ1n) is 6.52. The average molecular weight is 259 g/mol. The number of nitrogens with zero attached hydrogens (tertiary/aromatic N) is 2. The molecule has 0 saturated heterocycles. The molecule has 5 heteroatoms. The summed E-state index contributed by atoms with van der Waals surface area (Å²) in [4.78, 5) is 0. The van der Waals surface area contributed by atoms with E-state index in [1.165, 1.54) is 11.1 Å². The number of hydrogen-bond acceptors (Lipinski definition) is 5. The first kappa shape index (κ1) is 12.2. The van der Waals surface area contributed by atoms with Gasteiger partial charge in [0, 0.05) is 13.0 Å². The summed E-state index contributed by atoms with van der Waals surface area (Å²) in [5.74, 6) is 1.83. The highest BCUT2D eigenvalue weighted by atomic mass is 16.5. The van der Waals surface area contributed by atoms with Crippen molar-refractivity contribution in [2.45, 2.75) is 38.8 Å². The van der Waals surface area contributed by atoms with Gasteiger partial charge in [-0.15, -0.1) is 10.2 Å². The maximum absolute atomic E-state index is 6.13. The summed E-state index contributed by atoms with van der Waals surface area (Å²) in [5, 5.41) is 7.66. The molecular formula is C14H17N3O2. The quantitative estimate of drug-likeness (QED) is 0.915. The van der Waals surface area contributed by atoms with Gasteiger partial charge in [-0.3, -0.25) is 0 Å². The lowest BCUT2D eigenvalue weighted by molar-refractivity contribution is 0.260. The third-order valence-electron chi connectivity index (χ3n) is 3.41. The first-order valence-corrected chi connectivity index (χ1v) is 6.52. The number of benzene rings is 1. The van der Waals surface area contributed by atoms with E-state index in [0.717, 1.165) is 25.0 Å². The van der Waals surface area contributed by atoms with Crippen LogP contribution < -0.4 is 10.5 Å². The number of hydrogen-bond donors (Lipinski definition) is 1. The average Bonchev–Trinajstić information content (AvgIpc) is 2.83. The lowest BCUT2D eigenvalue weighted by atomic mass is 9.88. The van der Waals surface area contributed by atoms with Gasteiger partial charge in [-0.25, -0.2) is 0 Å². The summed E-state index contributed by atoms with van der Waals surface area (Å²) in [6.45, 7) is 2.04. The maximum atomic E-state index is 6.13. The van der Waals surface area contributed by atoms with Gasteiger partial charge < -0.3 is 14.9 Å². The van der Waals surface area contributed by atoms with E-state index in [9.17, 15) is 0 Å². The number of aromatic nitrogens is 2. The van der Waals surface area contributed by atoms with Gasteiger partial charge in [0.1, 0.15) is 5.75 Å². The molecule has 1 aliphatic rings. The highest BCUT2D eigenvalue weighted by Crippen LogP contribution is 2.31. The largest absolute Gasteiger partial charge is 0.484 e. The minimum Gasteiger partial charge on any atom is -0.484 e. The molecule has 100 valence electrons. The molecule has 3 rings (SSSR count). The summed E-state index contributed by atoms with van der Waals surface area (Å²) in [6, 6.07) is 6.23. The molecule has 0 radical (unpaired) electrons. The SMILES string of the molecule is Cc1nnc(COc2ccc3c(c2)[C@H](N)CCC3)o1. The molecule has 0 spiro atoms. The number of rotatable bonds is 3. The molecule has 0 saturated carbocycles. The molecule has 1 heterocycles. The van der Waals surface area contributed by atoms with E-state index < -0.39 is 0 Å². The van der Waals surface area contributed by atoms with Gasteiger partial charge in [-0.05, 0) is 42.5 Å². The van der Waals surface area contributed by atoms with Gasteiger partial charge in [0.2, 0.25) is 5.89 Å². The predicted octanol–water partition coefficient (Wildman–Crippen LogP) is 2.29. The van der Waals surface area contributed by atoms with Gasteiger partial charge in [-0.1, -0.05) is 6.07 Å². The number of nitrogens with two attached hydrogens (primary N) is 1. The Morgan fingerprint density at radius 2 is 2.32 bits per heavy atom. The lowest BCUT2D eigenvalue weighted by Crippen LogP contribution is -2.17. The van der Waals surface area contributed by atoms with E-state index in [1.807, 2.05) is 12.1 Å². The molecule has 1 aliphatic carbocycles. The highest BCUT2D eigenvalue weighted by molar-refractivity contribution is 5.39. The van der Waals surface area contributed by atoms with Crippen LogP contribution >= 0.6 is 0 Å². The summed E-state index contributed by atoms with van der Waals surface area (Å²) < 4.78 is 10.9. The second-order valence-electron chi connectivity index (χ2n) is 4.86. The highest BCUT2D eigenvalue weighted by Gasteiger charge is 2.17. The Balaban J connectivity index is 1.73. The molecule has 1 atom stereocenters. The molecular weight excluding hydrogens is 242 g/mol. The standard InChI is InChI=1S/C14H17N3O2/c1-9-16-17-14(19-9)8-18-11-6-5-10-3-2-4-13(15)12(10)7-11/h5-7,13H,2-4,8,15H2,1H3/t13-/m1/s1. The Morgan fingerprint density at radius 3 is 3.11 bits per heavy atom. The van der Waals surface area contributed by atoms with E-state index in [4.69, 9.17) is 14.9 Å². The Hall–Kier alpha value is -1.88. The molecule has 19 heavy (non-hydrogen) atoms. The zero-order valence-corrected chi connectivity index (χ0v) is 10.9. The second-order valence-corrected chi connectivity index (χ2v) is 4.86. The number of ether oxygens (including phenoxy) is 1. The van der Waals surface area contributed by atoms with Gasteiger partial charge in [-0.2, -0.15) is 0 Å². The summed E-state index contributed by atoms with van der Waals surface area (Å²) in [7, 11) is 0. The Morgan fingerprint density at radius 1 is 1.42 bits per heavy atom. The van der Waals surface area contributed by atoms with Crippen molar-refractivity contribution in [2.24, 2.45) is 5.73 Å². The zero-order valence-electron chi connectivity index (χ0n) is 10.9. The van der Waals surface area contributed by atoms with Crippen LogP contribution in [0.15, 0.2) is 22.6 Å². The van der Waals surface area contributed by atoms with Crippen molar-refractivity contribution in [3.63, 3.8) is 0 Å². The fourth-order valence-electron chi connectivity index (χ4n) is 2.44. The Kier molecular flexibility index (Phi) is 3.21. The van der Waals surface area contributed by atoms with Crippen molar-refractivity contribution in [1.29, 1.82) is 0 Å². The van der Waals surface area contributed by atoms with E-state index in [1.54, 1.807) is 6.92 Å². The minimum atomic E-state index is 0.123. The third kappa shape index (κ3) is 2.61. The fourth-order valence-corrected chi connectivity index (χ4v) is 2.44. The van der Waals surface area contributed by atoms with Crippen molar-refractivity contribution >= 4 is 0 Å². The van der Waals surface area contributed by atoms with Crippen LogP contribution in [-0.2, 0) is 13.0 Å². The van der Waals surface area contributed by atoms with Crippen LogP contribution in [0.1, 0.15) is 41.8 Å². The van der Waals surface area contributed by atoms with E-state index in [2.05, 4.69) is 16.3 Å². The lowest BCUT2D eigenvalue weighted by Gasteiger charge is -2.22. The van der Waals surface area contributed by atoms with Gasteiger partial charge in [0.15, 0.2) is 6.61 Å². The van der Waals surface area contributed by atoms with Crippen molar-refractivity contribution in [2.75, 3.05) is 0 Å². The van der Waals surface area contributed by atoms with Crippen LogP contribution in [0, 0.1) is 6.92 Å². The first-order chi connectivity index (χ1) is 9.22. The second kappa shape index (κ2) is 5.01. The molecule has 1 aromatic carbocycles. The normalized spacial score (nSPS) is 18.1. The fraction of sp³-hybridized carbons (Fsp3) is 0.429. The Labute approximate surface area is 111 Å². The van der Waals surface area contributed by atoms with Gasteiger partial charge >= 0.3 is 0 Å². The Bertz CT molecular complexity index is 580. The van der Waals surface area contributed by atoms with Crippen LogP contribution in [0.3, 0.4) is 0 Å². The van der Waals surface area contributed by atoms with E-state index >= 15 is 0 Å². The molecule has 0 fully saturated rings. The molecule has 1 aromatic heterocycles. The summed E-state index contributed by atoms with van der Waals surface area (Å²) >= 11 is 0. The van der Waals surface area contributed by atoms with Crippen LogP contribution in [0.4, 0.5) is 0 Å². The number of fused-ring (bicyclic) bond motifs is 1. The van der Waals surface area contributed by atoms with E-state index in [-0.39, 0.29) is 12.6 Å². The summed E-state index contributed by atoms with van der Waals surface area (Å²) in [6.07, 6.45) is 3.31. The van der Waals surface area contributed by atoms with Crippen LogP contribution in [0.25, 0.3) is 0 Å². The topological polar surface area (TPSA) is 74.2 Å². The monoisotopic (exact) mass is 259 g/mol. The molecule has 2 aromatic rings.